The van der Waals surface area contributed by atoms with Crippen LogP contribution in [-0.2, 0) is 14.8 Å². The van der Waals surface area contributed by atoms with Gasteiger partial charge in [0.2, 0.25) is 15.9 Å². The molecule has 1 amide bonds. The van der Waals surface area contributed by atoms with Crippen LogP contribution >= 0.6 is 0 Å². The summed E-state index contributed by atoms with van der Waals surface area (Å²) in [5.41, 5.74) is 1.55. The minimum Gasteiger partial charge on any atom is -0.354 e. The van der Waals surface area contributed by atoms with E-state index in [1.165, 1.54) is 25.7 Å². The van der Waals surface area contributed by atoms with Gasteiger partial charge in [0.25, 0.3) is 0 Å². The SMILES string of the molecule is CCC1CCCCN1CCCNC(=O)CN(c1ccc(C)cc1)S(C)(=O)=O. The highest BCUT2D eigenvalue weighted by atomic mass is 32.2. The van der Waals surface area contributed by atoms with Crippen molar-refractivity contribution in [2.45, 2.75) is 52.0 Å². The monoisotopic (exact) mass is 395 g/mol. The van der Waals surface area contributed by atoms with Crippen LogP contribution in [0.3, 0.4) is 0 Å². The predicted octanol–water partition coefficient (Wildman–Crippen LogP) is 2.53. The van der Waals surface area contributed by atoms with Gasteiger partial charge in [0.15, 0.2) is 0 Å². The first-order valence-electron chi connectivity index (χ1n) is 9.86. The molecule has 1 fully saturated rings. The topological polar surface area (TPSA) is 69.7 Å². The van der Waals surface area contributed by atoms with Crippen molar-refractivity contribution >= 4 is 21.6 Å². The first kappa shape index (κ1) is 21.7. The normalized spacial score (nSPS) is 18.3. The van der Waals surface area contributed by atoms with Gasteiger partial charge in [-0.1, -0.05) is 31.0 Å². The van der Waals surface area contributed by atoms with Crippen LogP contribution in [0.4, 0.5) is 5.69 Å². The predicted molar refractivity (Wildman–Crippen MR) is 110 cm³/mol. The molecule has 0 aromatic heterocycles. The lowest BCUT2D eigenvalue weighted by Crippen LogP contribution is -2.42. The van der Waals surface area contributed by atoms with Gasteiger partial charge in [-0.2, -0.15) is 0 Å². The van der Waals surface area contributed by atoms with E-state index in [2.05, 4.69) is 17.1 Å². The molecule has 0 radical (unpaired) electrons. The quantitative estimate of drug-likeness (QED) is 0.653. The molecule has 1 unspecified atom stereocenters. The molecule has 1 aromatic rings. The Kier molecular flexibility index (Phi) is 8.10. The van der Waals surface area contributed by atoms with Gasteiger partial charge in [-0.05, 0) is 51.3 Å². The summed E-state index contributed by atoms with van der Waals surface area (Å²) in [6.07, 6.45) is 7.01. The first-order valence-corrected chi connectivity index (χ1v) is 11.7. The number of nitrogens with one attached hydrogen (secondary N) is 1. The lowest BCUT2D eigenvalue weighted by molar-refractivity contribution is -0.119. The highest BCUT2D eigenvalue weighted by Crippen LogP contribution is 2.19. The summed E-state index contributed by atoms with van der Waals surface area (Å²) < 4.78 is 25.3. The second kappa shape index (κ2) is 10.1. The largest absolute Gasteiger partial charge is 0.354 e. The Labute approximate surface area is 164 Å². The van der Waals surface area contributed by atoms with Crippen LogP contribution in [-0.4, -0.2) is 57.7 Å². The van der Waals surface area contributed by atoms with Crippen molar-refractivity contribution in [3.8, 4) is 0 Å². The average Bonchev–Trinajstić information content (AvgIpc) is 2.63. The Balaban J connectivity index is 1.82. The van der Waals surface area contributed by atoms with Gasteiger partial charge >= 0.3 is 0 Å². The van der Waals surface area contributed by atoms with Crippen LogP contribution in [0.1, 0.15) is 44.6 Å². The maximum atomic E-state index is 12.3. The van der Waals surface area contributed by atoms with Crippen molar-refractivity contribution < 1.29 is 13.2 Å². The smallest absolute Gasteiger partial charge is 0.240 e. The lowest BCUT2D eigenvalue weighted by Gasteiger charge is -2.35. The van der Waals surface area contributed by atoms with Gasteiger partial charge in [-0.15, -0.1) is 0 Å². The molecule has 7 heteroatoms. The highest BCUT2D eigenvalue weighted by molar-refractivity contribution is 7.92. The van der Waals surface area contributed by atoms with E-state index in [1.54, 1.807) is 12.1 Å². The molecule has 6 nitrogen and oxygen atoms in total. The summed E-state index contributed by atoms with van der Waals surface area (Å²) in [6.45, 7) is 6.66. The van der Waals surface area contributed by atoms with Crippen molar-refractivity contribution in [1.29, 1.82) is 0 Å². The van der Waals surface area contributed by atoms with Gasteiger partial charge in [0.1, 0.15) is 6.54 Å². The van der Waals surface area contributed by atoms with Gasteiger partial charge in [-0.25, -0.2) is 8.42 Å². The molecule has 1 aliphatic heterocycles. The molecule has 0 saturated carbocycles. The molecule has 1 saturated heterocycles. The molecule has 0 spiro atoms. The number of anilines is 1. The minimum atomic E-state index is -3.52. The summed E-state index contributed by atoms with van der Waals surface area (Å²) in [4.78, 5) is 14.8. The van der Waals surface area contributed by atoms with Crippen LogP contribution in [0.5, 0.6) is 0 Å². The summed E-state index contributed by atoms with van der Waals surface area (Å²) in [5, 5.41) is 2.87. The Bertz CT molecular complexity index is 704. The van der Waals surface area contributed by atoms with E-state index in [1.807, 2.05) is 19.1 Å². The van der Waals surface area contributed by atoms with E-state index in [0.29, 0.717) is 18.3 Å². The Morgan fingerprint density at radius 2 is 1.96 bits per heavy atom. The third-order valence-electron chi connectivity index (χ3n) is 5.17. The second-order valence-corrected chi connectivity index (χ2v) is 9.31. The van der Waals surface area contributed by atoms with Crippen molar-refractivity contribution in [2.24, 2.45) is 0 Å². The molecule has 27 heavy (non-hydrogen) atoms. The Morgan fingerprint density at radius 1 is 1.26 bits per heavy atom. The zero-order valence-electron chi connectivity index (χ0n) is 16.8. The Morgan fingerprint density at radius 3 is 2.59 bits per heavy atom. The molecule has 1 N–H and O–H groups in total. The van der Waals surface area contributed by atoms with Crippen LogP contribution in [0.2, 0.25) is 0 Å². The number of rotatable bonds is 9. The number of carbonyl (C=O) groups excluding carboxylic acids is 1. The standard InChI is InChI=1S/C20H33N3O3S/c1-4-18-8-5-6-14-22(18)15-7-13-21-20(24)16-23(27(3,25)26)19-11-9-17(2)10-12-19/h9-12,18H,4-8,13-16H2,1-3H3,(H,21,24). The first-order chi connectivity index (χ1) is 12.8. The van der Waals surface area contributed by atoms with Crippen LogP contribution in [0, 0.1) is 6.92 Å². The number of piperidine rings is 1. The van der Waals surface area contributed by atoms with Crippen LogP contribution in [0.25, 0.3) is 0 Å². The van der Waals surface area contributed by atoms with E-state index < -0.39 is 10.0 Å². The van der Waals surface area contributed by atoms with E-state index in [0.717, 1.165) is 35.6 Å². The zero-order valence-corrected chi connectivity index (χ0v) is 17.6. The Hall–Kier alpha value is -1.60. The number of nitrogens with zero attached hydrogens (tertiary/aromatic N) is 2. The van der Waals surface area contributed by atoms with Gasteiger partial charge in [0.05, 0.1) is 11.9 Å². The fraction of sp³-hybridized carbons (Fsp3) is 0.650. The number of aryl methyl sites for hydroxylation is 1. The number of hydrogen-bond acceptors (Lipinski definition) is 4. The third-order valence-corrected chi connectivity index (χ3v) is 6.31. The van der Waals surface area contributed by atoms with Crippen LogP contribution in [0.15, 0.2) is 24.3 Å². The van der Waals surface area contributed by atoms with Crippen molar-refractivity contribution in [3.63, 3.8) is 0 Å². The van der Waals surface area contributed by atoms with Crippen LogP contribution < -0.4 is 9.62 Å². The van der Waals surface area contributed by atoms with E-state index in [9.17, 15) is 13.2 Å². The minimum absolute atomic E-state index is 0.191. The molecule has 0 bridgehead atoms. The number of hydrogen-bond donors (Lipinski definition) is 1. The second-order valence-electron chi connectivity index (χ2n) is 7.40. The molecule has 0 aliphatic carbocycles. The summed E-state index contributed by atoms with van der Waals surface area (Å²) in [6, 6.07) is 7.80. The molecule has 152 valence electrons. The lowest BCUT2D eigenvalue weighted by atomic mass is 10.00. The number of carbonyl (C=O) groups is 1. The molecular weight excluding hydrogens is 362 g/mol. The fourth-order valence-electron chi connectivity index (χ4n) is 3.62. The summed E-state index contributed by atoms with van der Waals surface area (Å²) in [7, 11) is -3.52. The molecule has 1 atom stereocenters. The van der Waals surface area contributed by atoms with E-state index >= 15 is 0 Å². The number of benzene rings is 1. The maximum absolute atomic E-state index is 12.3. The number of amides is 1. The van der Waals surface area contributed by atoms with Crippen molar-refractivity contribution in [2.75, 3.05) is 36.7 Å². The zero-order chi connectivity index (χ0) is 19.9. The summed E-state index contributed by atoms with van der Waals surface area (Å²) >= 11 is 0. The number of likely N-dealkylation sites (tertiary alicyclic amines) is 1. The van der Waals surface area contributed by atoms with E-state index in [-0.39, 0.29) is 12.5 Å². The molecule has 2 rings (SSSR count). The average molecular weight is 396 g/mol. The summed E-state index contributed by atoms with van der Waals surface area (Å²) in [5.74, 6) is -0.272. The molecule has 1 heterocycles. The molecule has 1 aromatic carbocycles. The number of sulfonamides is 1. The highest BCUT2D eigenvalue weighted by Gasteiger charge is 2.22. The maximum Gasteiger partial charge on any atom is 0.240 e. The van der Waals surface area contributed by atoms with Gasteiger partial charge in [-0.3, -0.25) is 9.10 Å². The van der Waals surface area contributed by atoms with Crippen molar-refractivity contribution in [1.82, 2.24) is 10.2 Å². The third kappa shape index (κ3) is 6.81. The molecular formula is C20H33N3O3S. The van der Waals surface area contributed by atoms with Crippen molar-refractivity contribution in [3.05, 3.63) is 29.8 Å². The van der Waals surface area contributed by atoms with Gasteiger partial charge < -0.3 is 10.2 Å². The van der Waals surface area contributed by atoms with E-state index in [4.69, 9.17) is 0 Å². The molecule has 1 aliphatic rings. The fourth-order valence-corrected chi connectivity index (χ4v) is 4.48. The van der Waals surface area contributed by atoms with Gasteiger partial charge in [0, 0.05) is 19.1 Å².